The smallest absolute Gasteiger partial charge is 0.238 e. The summed E-state index contributed by atoms with van der Waals surface area (Å²) in [6, 6.07) is 25.1. The average molecular weight is 376 g/mol. The minimum atomic E-state index is -0.121. The summed E-state index contributed by atoms with van der Waals surface area (Å²) in [6.45, 7) is 1.26. The standard InChI is InChI=1S/C23H24N2O3/c1-27-20-13-11-18(12-14-20)15-24-16-23(26)25-21-9-5-6-10-22(21)28-17-19-7-3-2-4-8-19/h2-14,24H,15-17H2,1H3,(H,25,26). The van der Waals surface area contributed by atoms with E-state index in [4.69, 9.17) is 9.47 Å². The molecule has 0 aliphatic carbocycles. The molecule has 5 heteroatoms. The summed E-state index contributed by atoms with van der Waals surface area (Å²) < 4.78 is 11.0. The molecule has 0 heterocycles. The molecule has 0 spiro atoms. The number of para-hydroxylation sites is 2. The number of carbonyl (C=O) groups is 1. The molecule has 28 heavy (non-hydrogen) atoms. The Morgan fingerprint density at radius 1 is 0.857 bits per heavy atom. The van der Waals surface area contributed by atoms with E-state index < -0.39 is 0 Å². The average Bonchev–Trinajstić information content (AvgIpc) is 2.74. The molecule has 3 aromatic carbocycles. The van der Waals surface area contributed by atoms with Crippen molar-refractivity contribution in [2.24, 2.45) is 0 Å². The van der Waals surface area contributed by atoms with Gasteiger partial charge in [0.1, 0.15) is 18.1 Å². The summed E-state index contributed by atoms with van der Waals surface area (Å²) in [5.74, 6) is 1.34. The predicted molar refractivity (Wildman–Crippen MR) is 111 cm³/mol. The van der Waals surface area contributed by atoms with Gasteiger partial charge in [-0.2, -0.15) is 0 Å². The van der Waals surface area contributed by atoms with Crippen LogP contribution in [0.5, 0.6) is 11.5 Å². The molecule has 0 atom stereocenters. The highest BCUT2D eigenvalue weighted by molar-refractivity contribution is 5.93. The van der Waals surface area contributed by atoms with E-state index in [1.807, 2.05) is 78.9 Å². The van der Waals surface area contributed by atoms with Gasteiger partial charge in [-0.05, 0) is 35.4 Å². The first kappa shape index (κ1) is 19.5. The van der Waals surface area contributed by atoms with Gasteiger partial charge in [0.05, 0.1) is 19.3 Å². The molecule has 5 nitrogen and oxygen atoms in total. The summed E-state index contributed by atoms with van der Waals surface area (Å²) in [4.78, 5) is 12.3. The zero-order valence-electron chi connectivity index (χ0n) is 15.9. The first-order chi connectivity index (χ1) is 13.7. The molecule has 0 aliphatic rings. The molecule has 0 saturated carbocycles. The third-order valence-electron chi connectivity index (χ3n) is 4.17. The second-order valence-corrected chi connectivity index (χ2v) is 6.27. The Morgan fingerprint density at radius 3 is 2.32 bits per heavy atom. The Labute approximate surface area is 165 Å². The number of anilines is 1. The lowest BCUT2D eigenvalue weighted by molar-refractivity contribution is -0.115. The Balaban J connectivity index is 1.49. The molecule has 1 amide bonds. The van der Waals surface area contributed by atoms with Crippen LogP contribution < -0.4 is 20.1 Å². The van der Waals surface area contributed by atoms with Crippen molar-refractivity contribution in [2.45, 2.75) is 13.2 Å². The van der Waals surface area contributed by atoms with Crippen molar-refractivity contribution >= 4 is 11.6 Å². The van der Waals surface area contributed by atoms with Gasteiger partial charge in [0.25, 0.3) is 0 Å². The number of hydrogen-bond donors (Lipinski definition) is 2. The predicted octanol–water partition coefficient (Wildman–Crippen LogP) is 4.00. The van der Waals surface area contributed by atoms with E-state index in [2.05, 4.69) is 10.6 Å². The van der Waals surface area contributed by atoms with E-state index in [1.54, 1.807) is 7.11 Å². The first-order valence-corrected chi connectivity index (χ1v) is 9.14. The Bertz CT molecular complexity index is 880. The lowest BCUT2D eigenvalue weighted by Crippen LogP contribution is -2.27. The topological polar surface area (TPSA) is 59.6 Å². The van der Waals surface area contributed by atoms with Crippen molar-refractivity contribution < 1.29 is 14.3 Å². The van der Waals surface area contributed by atoms with Crippen LogP contribution in [0.3, 0.4) is 0 Å². The van der Waals surface area contributed by atoms with Crippen LogP contribution in [0, 0.1) is 0 Å². The minimum Gasteiger partial charge on any atom is -0.497 e. The highest BCUT2D eigenvalue weighted by Crippen LogP contribution is 2.24. The van der Waals surface area contributed by atoms with Gasteiger partial charge in [-0.3, -0.25) is 4.79 Å². The van der Waals surface area contributed by atoms with Crippen LogP contribution in [0.1, 0.15) is 11.1 Å². The summed E-state index contributed by atoms with van der Waals surface area (Å²) in [6.07, 6.45) is 0. The fourth-order valence-corrected chi connectivity index (χ4v) is 2.69. The van der Waals surface area contributed by atoms with Crippen LogP contribution in [-0.2, 0) is 17.9 Å². The van der Waals surface area contributed by atoms with E-state index in [-0.39, 0.29) is 12.5 Å². The van der Waals surface area contributed by atoms with Crippen molar-refractivity contribution in [1.82, 2.24) is 5.32 Å². The third kappa shape index (κ3) is 5.86. The van der Waals surface area contributed by atoms with E-state index in [1.165, 1.54) is 0 Å². The maximum absolute atomic E-state index is 12.3. The second-order valence-electron chi connectivity index (χ2n) is 6.27. The van der Waals surface area contributed by atoms with E-state index in [0.29, 0.717) is 24.6 Å². The summed E-state index contributed by atoms with van der Waals surface area (Å²) in [5, 5.41) is 6.05. The molecule has 0 radical (unpaired) electrons. The van der Waals surface area contributed by atoms with Crippen LogP contribution in [0.25, 0.3) is 0 Å². The lowest BCUT2D eigenvalue weighted by Gasteiger charge is -2.13. The molecule has 0 aliphatic heterocycles. The van der Waals surface area contributed by atoms with Gasteiger partial charge >= 0.3 is 0 Å². The van der Waals surface area contributed by atoms with Crippen LogP contribution in [0.4, 0.5) is 5.69 Å². The van der Waals surface area contributed by atoms with Gasteiger partial charge in [0.15, 0.2) is 0 Å². The molecule has 3 aromatic rings. The number of nitrogens with one attached hydrogen (secondary N) is 2. The quantitative estimate of drug-likeness (QED) is 0.593. The van der Waals surface area contributed by atoms with Crippen molar-refractivity contribution in [3.05, 3.63) is 90.0 Å². The number of rotatable bonds is 9. The zero-order valence-corrected chi connectivity index (χ0v) is 15.9. The molecule has 0 saturated heterocycles. The number of benzene rings is 3. The summed E-state index contributed by atoms with van der Waals surface area (Å²) in [7, 11) is 1.64. The number of carbonyl (C=O) groups excluding carboxylic acids is 1. The van der Waals surface area contributed by atoms with Gasteiger partial charge in [-0.15, -0.1) is 0 Å². The number of hydrogen-bond acceptors (Lipinski definition) is 4. The minimum absolute atomic E-state index is 0.121. The molecule has 3 rings (SSSR count). The highest BCUT2D eigenvalue weighted by Gasteiger charge is 2.08. The molecule has 0 fully saturated rings. The molecule has 0 bridgehead atoms. The van der Waals surface area contributed by atoms with Gasteiger partial charge in [0, 0.05) is 6.54 Å². The highest BCUT2D eigenvalue weighted by atomic mass is 16.5. The van der Waals surface area contributed by atoms with Gasteiger partial charge in [-0.25, -0.2) is 0 Å². The Kier molecular flexibility index (Phi) is 7.04. The number of amides is 1. The SMILES string of the molecule is COc1ccc(CNCC(=O)Nc2ccccc2OCc2ccccc2)cc1. The summed E-state index contributed by atoms with van der Waals surface area (Å²) >= 11 is 0. The van der Waals surface area contributed by atoms with Gasteiger partial charge < -0.3 is 20.1 Å². The van der Waals surface area contributed by atoms with Crippen LogP contribution in [0.15, 0.2) is 78.9 Å². The monoisotopic (exact) mass is 376 g/mol. The fourth-order valence-electron chi connectivity index (χ4n) is 2.69. The van der Waals surface area contributed by atoms with Crippen molar-refractivity contribution in [2.75, 3.05) is 19.0 Å². The maximum Gasteiger partial charge on any atom is 0.238 e. The molecule has 144 valence electrons. The molecule has 0 aromatic heterocycles. The van der Waals surface area contributed by atoms with Crippen LogP contribution in [-0.4, -0.2) is 19.6 Å². The largest absolute Gasteiger partial charge is 0.497 e. The van der Waals surface area contributed by atoms with Crippen molar-refractivity contribution in [1.29, 1.82) is 0 Å². The molecule has 2 N–H and O–H groups in total. The normalized spacial score (nSPS) is 10.3. The molecule has 0 unspecified atom stereocenters. The molecular weight excluding hydrogens is 352 g/mol. The van der Waals surface area contributed by atoms with Crippen LogP contribution >= 0.6 is 0 Å². The summed E-state index contributed by atoms with van der Waals surface area (Å²) in [5.41, 5.74) is 2.82. The van der Waals surface area contributed by atoms with Gasteiger partial charge in [0.2, 0.25) is 5.91 Å². The van der Waals surface area contributed by atoms with Crippen molar-refractivity contribution in [3.63, 3.8) is 0 Å². The lowest BCUT2D eigenvalue weighted by atomic mass is 10.2. The Morgan fingerprint density at radius 2 is 1.57 bits per heavy atom. The molecular formula is C23H24N2O3. The zero-order chi connectivity index (χ0) is 19.6. The maximum atomic E-state index is 12.3. The van der Waals surface area contributed by atoms with Crippen molar-refractivity contribution in [3.8, 4) is 11.5 Å². The van der Waals surface area contributed by atoms with E-state index >= 15 is 0 Å². The van der Waals surface area contributed by atoms with Gasteiger partial charge in [-0.1, -0.05) is 54.6 Å². The van der Waals surface area contributed by atoms with E-state index in [9.17, 15) is 4.79 Å². The fraction of sp³-hybridized carbons (Fsp3) is 0.174. The van der Waals surface area contributed by atoms with E-state index in [0.717, 1.165) is 16.9 Å². The Hall–Kier alpha value is -3.31. The number of ether oxygens (including phenoxy) is 2. The third-order valence-corrected chi connectivity index (χ3v) is 4.17. The van der Waals surface area contributed by atoms with Crippen LogP contribution in [0.2, 0.25) is 0 Å². The number of methoxy groups -OCH3 is 1. The first-order valence-electron chi connectivity index (χ1n) is 9.14. The second kappa shape index (κ2) is 10.1.